The fourth-order valence-electron chi connectivity index (χ4n) is 1.98. The summed E-state index contributed by atoms with van der Waals surface area (Å²) in [6.45, 7) is 3.89. The lowest BCUT2D eigenvalue weighted by atomic mass is 10.2. The van der Waals surface area contributed by atoms with Crippen LogP contribution in [0, 0.1) is 13.8 Å². The molecule has 1 N–H and O–H groups in total. The van der Waals surface area contributed by atoms with Gasteiger partial charge in [-0.25, -0.2) is 18.1 Å². The first-order valence-electron chi connectivity index (χ1n) is 6.50. The summed E-state index contributed by atoms with van der Waals surface area (Å²) in [5.74, 6) is 1.23. The van der Waals surface area contributed by atoms with Crippen LogP contribution in [0.15, 0.2) is 28.7 Å². The lowest BCUT2D eigenvalue weighted by Crippen LogP contribution is -2.27. The molecule has 0 saturated heterocycles. The van der Waals surface area contributed by atoms with Crippen LogP contribution in [0.25, 0.3) is 0 Å². The summed E-state index contributed by atoms with van der Waals surface area (Å²) in [7, 11) is -3.38. The standard InChI is InChI=1S/C14H17ClN2O3S/c1-10-14(20-11(2)17-10)7-8-16-21(18,19)9-12-3-5-13(15)6-4-12/h3-6,16H,7-9H2,1-2H3. The van der Waals surface area contributed by atoms with Crippen molar-refractivity contribution in [1.82, 2.24) is 9.71 Å². The highest BCUT2D eigenvalue weighted by Gasteiger charge is 2.13. The maximum absolute atomic E-state index is 12.0. The van der Waals surface area contributed by atoms with Crippen molar-refractivity contribution in [2.45, 2.75) is 26.0 Å². The predicted octanol–water partition coefficient (Wildman–Crippen LogP) is 2.61. The third-order valence-electron chi connectivity index (χ3n) is 2.94. The summed E-state index contributed by atoms with van der Waals surface area (Å²) < 4.78 is 31.9. The number of aryl methyl sites for hydroxylation is 2. The molecular formula is C14H17ClN2O3S. The molecule has 0 bridgehead atoms. The number of aromatic nitrogens is 1. The van der Waals surface area contributed by atoms with Gasteiger partial charge in [-0.15, -0.1) is 0 Å². The van der Waals surface area contributed by atoms with Gasteiger partial charge in [0.2, 0.25) is 10.0 Å². The second-order valence-corrected chi connectivity index (χ2v) is 7.01. The van der Waals surface area contributed by atoms with Crippen molar-refractivity contribution in [3.05, 3.63) is 52.2 Å². The molecule has 0 aliphatic rings. The molecule has 0 fully saturated rings. The third-order valence-corrected chi connectivity index (χ3v) is 4.55. The van der Waals surface area contributed by atoms with Gasteiger partial charge >= 0.3 is 0 Å². The average molecular weight is 329 g/mol. The van der Waals surface area contributed by atoms with Crippen LogP contribution in [-0.4, -0.2) is 19.9 Å². The van der Waals surface area contributed by atoms with Gasteiger partial charge in [-0.05, 0) is 24.6 Å². The number of benzene rings is 1. The number of nitrogens with zero attached hydrogens (tertiary/aromatic N) is 1. The molecule has 0 spiro atoms. The fraction of sp³-hybridized carbons (Fsp3) is 0.357. The van der Waals surface area contributed by atoms with Gasteiger partial charge in [0.15, 0.2) is 5.89 Å². The molecule has 5 nitrogen and oxygen atoms in total. The molecule has 21 heavy (non-hydrogen) atoms. The molecule has 0 aliphatic heterocycles. The van der Waals surface area contributed by atoms with Crippen LogP contribution in [-0.2, 0) is 22.2 Å². The van der Waals surface area contributed by atoms with E-state index in [1.165, 1.54) is 0 Å². The summed E-state index contributed by atoms with van der Waals surface area (Å²) in [4.78, 5) is 4.15. The Labute approximate surface area is 129 Å². The molecule has 2 rings (SSSR count). The number of sulfonamides is 1. The van der Waals surface area contributed by atoms with Gasteiger partial charge in [-0.1, -0.05) is 23.7 Å². The van der Waals surface area contributed by atoms with E-state index in [0.29, 0.717) is 28.7 Å². The molecule has 0 amide bonds. The number of oxazole rings is 1. The van der Waals surface area contributed by atoms with E-state index in [1.807, 2.05) is 6.92 Å². The van der Waals surface area contributed by atoms with Crippen molar-refractivity contribution in [2.75, 3.05) is 6.54 Å². The van der Waals surface area contributed by atoms with Crippen molar-refractivity contribution in [3.63, 3.8) is 0 Å². The maximum atomic E-state index is 12.0. The molecule has 1 aromatic heterocycles. The first-order chi connectivity index (χ1) is 9.85. The molecule has 0 radical (unpaired) electrons. The van der Waals surface area contributed by atoms with E-state index >= 15 is 0 Å². The average Bonchev–Trinajstić information content (AvgIpc) is 2.70. The summed E-state index contributed by atoms with van der Waals surface area (Å²) >= 11 is 5.77. The molecule has 1 heterocycles. The quantitative estimate of drug-likeness (QED) is 0.884. The van der Waals surface area contributed by atoms with Gasteiger partial charge in [0, 0.05) is 24.9 Å². The van der Waals surface area contributed by atoms with Gasteiger partial charge < -0.3 is 4.42 Å². The number of halogens is 1. The zero-order valence-electron chi connectivity index (χ0n) is 11.9. The Bertz CT molecular complexity index is 708. The minimum atomic E-state index is -3.38. The molecule has 0 atom stereocenters. The Balaban J connectivity index is 1.89. The molecule has 2 aromatic rings. The van der Waals surface area contributed by atoms with Crippen molar-refractivity contribution >= 4 is 21.6 Å². The van der Waals surface area contributed by atoms with Crippen LogP contribution in [0.2, 0.25) is 5.02 Å². The van der Waals surface area contributed by atoms with Crippen LogP contribution < -0.4 is 4.72 Å². The Morgan fingerprint density at radius 1 is 1.24 bits per heavy atom. The molecule has 0 aliphatic carbocycles. The van der Waals surface area contributed by atoms with Crippen molar-refractivity contribution < 1.29 is 12.8 Å². The highest BCUT2D eigenvalue weighted by molar-refractivity contribution is 7.88. The van der Waals surface area contributed by atoms with E-state index in [4.69, 9.17) is 16.0 Å². The van der Waals surface area contributed by atoms with E-state index in [0.717, 1.165) is 5.69 Å². The molecule has 7 heteroatoms. The fourth-order valence-corrected chi connectivity index (χ4v) is 3.25. The van der Waals surface area contributed by atoms with Crippen LogP contribution in [0.5, 0.6) is 0 Å². The highest BCUT2D eigenvalue weighted by Crippen LogP contribution is 2.12. The predicted molar refractivity (Wildman–Crippen MR) is 81.8 cm³/mol. The molecule has 114 valence electrons. The van der Waals surface area contributed by atoms with Crippen molar-refractivity contribution in [3.8, 4) is 0 Å². The first kappa shape index (κ1) is 16.0. The smallest absolute Gasteiger partial charge is 0.215 e. The third kappa shape index (κ3) is 4.84. The summed E-state index contributed by atoms with van der Waals surface area (Å²) in [5.41, 5.74) is 1.49. The Morgan fingerprint density at radius 2 is 1.90 bits per heavy atom. The van der Waals surface area contributed by atoms with Crippen LogP contribution in [0.4, 0.5) is 0 Å². The van der Waals surface area contributed by atoms with Crippen molar-refractivity contribution in [1.29, 1.82) is 0 Å². The van der Waals surface area contributed by atoms with Gasteiger partial charge in [-0.2, -0.15) is 0 Å². The maximum Gasteiger partial charge on any atom is 0.215 e. The van der Waals surface area contributed by atoms with E-state index in [1.54, 1.807) is 31.2 Å². The van der Waals surface area contributed by atoms with E-state index < -0.39 is 10.0 Å². The summed E-state index contributed by atoms with van der Waals surface area (Å²) in [6.07, 6.45) is 0.479. The highest BCUT2D eigenvalue weighted by atomic mass is 35.5. The Morgan fingerprint density at radius 3 is 2.48 bits per heavy atom. The Hall–Kier alpha value is -1.37. The van der Waals surface area contributed by atoms with Gasteiger partial charge in [0.1, 0.15) is 5.76 Å². The normalized spacial score (nSPS) is 11.8. The summed E-state index contributed by atoms with van der Waals surface area (Å²) in [6, 6.07) is 6.75. The van der Waals surface area contributed by atoms with Gasteiger partial charge in [-0.3, -0.25) is 0 Å². The van der Waals surface area contributed by atoms with E-state index in [9.17, 15) is 8.42 Å². The van der Waals surface area contributed by atoms with Crippen LogP contribution >= 0.6 is 11.6 Å². The largest absolute Gasteiger partial charge is 0.446 e. The molecular weight excluding hydrogens is 312 g/mol. The summed E-state index contributed by atoms with van der Waals surface area (Å²) in [5, 5.41) is 0.584. The van der Waals surface area contributed by atoms with E-state index in [-0.39, 0.29) is 12.3 Å². The Kier molecular flexibility index (Phi) is 5.03. The van der Waals surface area contributed by atoms with Gasteiger partial charge in [0.25, 0.3) is 0 Å². The second kappa shape index (κ2) is 6.60. The lowest BCUT2D eigenvalue weighted by molar-refractivity contribution is 0.472. The lowest BCUT2D eigenvalue weighted by Gasteiger charge is -2.06. The van der Waals surface area contributed by atoms with Crippen molar-refractivity contribution in [2.24, 2.45) is 0 Å². The zero-order valence-corrected chi connectivity index (χ0v) is 13.5. The number of nitrogens with one attached hydrogen (secondary N) is 1. The van der Waals surface area contributed by atoms with Crippen LogP contribution in [0.1, 0.15) is 22.9 Å². The van der Waals surface area contributed by atoms with E-state index in [2.05, 4.69) is 9.71 Å². The minimum Gasteiger partial charge on any atom is -0.446 e. The second-order valence-electron chi connectivity index (χ2n) is 4.77. The van der Waals surface area contributed by atoms with Crippen LogP contribution in [0.3, 0.4) is 0 Å². The minimum absolute atomic E-state index is 0.0708. The SMILES string of the molecule is Cc1nc(C)c(CCNS(=O)(=O)Cc2ccc(Cl)cc2)o1. The first-order valence-corrected chi connectivity index (χ1v) is 8.53. The number of rotatable bonds is 6. The monoisotopic (exact) mass is 328 g/mol. The number of hydrogen-bond acceptors (Lipinski definition) is 4. The molecule has 1 aromatic carbocycles. The topological polar surface area (TPSA) is 72.2 Å². The molecule has 0 unspecified atom stereocenters. The van der Waals surface area contributed by atoms with Gasteiger partial charge in [0.05, 0.1) is 11.4 Å². The zero-order chi connectivity index (χ0) is 15.5. The number of hydrogen-bond donors (Lipinski definition) is 1. The molecule has 0 saturated carbocycles.